The van der Waals surface area contributed by atoms with Gasteiger partial charge in [-0.2, -0.15) is 0 Å². The summed E-state index contributed by atoms with van der Waals surface area (Å²) in [6, 6.07) is 5.21. The Kier molecular flexibility index (Phi) is 4.52. The third-order valence-corrected chi connectivity index (χ3v) is 3.52. The standard InChI is InChI=1S/C13H15N3O3S/c1-4-9-12(20-16-15-9)13(17)14-10-7-8(18-2)5-6-11(10)19-3/h5-7H,4H2,1-3H3,(H,14,17). The molecule has 1 amide bonds. The molecule has 0 aliphatic heterocycles. The van der Waals surface area contributed by atoms with Crippen LogP contribution in [0.3, 0.4) is 0 Å². The summed E-state index contributed by atoms with van der Waals surface area (Å²) in [5.74, 6) is 0.956. The van der Waals surface area contributed by atoms with Gasteiger partial charge in [-0.25, -0.2) is 0 Å². The van der Waals surface area contributed by atoms with Crippen LogP contribution in [0.2, 0.25) is 0 Å². The molecule has 1 aromatic carbocycles. The summed E-state index contributed by atoms with van der Waals surface area (Å²) in [5.41, 5.74) is 1.24. The van der Waals surface area contributed by atoms with Crippen LogP contribution < -0.4 is 14.8 Å². The first kappa shape index (κ1) is 14.3. The van der Waals surface area contributed by atoms with Gasteiger partial charge in [0.2, 0.25) is 0 Å². The summed E-state index contributed by atoms with van der Waals surface area (Å²) in [4.78, 5) is 12.8. The highest BCUT2D eigenvalue weighted by molar-refractivity contribution is 7.08. The largest absolute Gasteiger partial charge is 0.497 e. The fourth-order valence-electron chi connectivity index (χ4n) is 1.70. The Hall–Kier alpha value is -2.15. The Bertz CT molecular complexity index is 613. The zero-order valence-electron chi connectivity index (χ0n) is 11.5. The zero-order chi connectivity index (χ0) is 14.5. The number of nitrogens with one attached hydrogen (secondary N) is 1. The Morgan fingerprint density at radius 1 is 1.35 bits per heavy atom. The van der Waals surface area contributed by atoms with E-state index in [4.69, 9.17) is 9.47 Å². The molecule has 0 aliphatic carbocycles. The molecule has 0 saturated heterocycles. The molecule has 0 atom stereocenters. The van der Waals surface area contributed by atoms with Gasteiger partial charge in [0.15, 0.2) is 0 Å². The van der Waals surface area contributed by atoms with E-state index in [1.807, 2.05) is 6.92 Å². The molecule has 0 fully saturated rings. The second-order valence-corrected chi connectivity index (χ2v) is 4.68. The highest BCUT2D eigenvalue weighted by Crippen LogP contribution is 2.29. The lowest BCUT2D eigenvalue weighted by Gasteiger charge is -2.11. The normalized spacial score (nSPS) is 10.2. The number of hydrogen-bond donors (Lipinski definition) is 1. The number of nitrogens with zero attached hydrogens (tertiary/aromatic N) is 2. The van der Waals surface area contributed by atoms with Crippen molar-refractivity contribution in [3.05, 3.63) is 28.8 Å². The maximum atomic E-state index is 12.2. The number of anilines is 1. The zero-order valence-corrected chi connectivity index (χ0v) is 12.3. The average molecular weight is 293 g/mol. The predicted octanol–water partition coefficient (Wildman–Crippen LogP) is 2.37. The van der Waals surface area contributed by atoms with Crippen LogP contribution in [0.15, 0.2) is 18.2 Å². The molecule has 1 aromatic heterocycles. The summed E-state index contributed by atoms with van der Waals surface area (Å²) in [6.07, 6.45) is 0.661. The van der Waals surface area contributed by atoms with Crippen molar-refractivity contribution in [1.82, 2.24) is 9.59 Å². The number of aryl methyl sites for hydroxylation is 1. The maximum Gasteiger partial charge on any atom is 0.269 e. The first-order chi connectivity index (χ1) is 9.69. The quantitative estimate of drug-likeness (QED) is 0.916. The maximum absolute atomic E-state index is 12.2. The monoisotopic (exact) mass is 293 g/mol. The van der Waals surface area contributed by atoms with Crippen LogP contribution in [-0.4, -0.2) is 29.7 Å². The van der Waals surface area contributed by atoms with Crippen LogP contribution in [-0.2, 0) is 6.42 Å². The van der Waals surface area contributed by atoms with Gasteiger partial charge in [-0.1, -0.05) is 11.4 Å². The van der Waals surface area contributed by atoms with Gasteiger partial charge in [0, 0.05) is 6.07 Å². The molecule has 1 heterocycles. The second kappa shape index (κ2) is 6.33. The van der Waals surface area contributed by atoms with Crippen LogP contribution in [0, 0.1) is 0 Å². The molecule has 20 heavy (non-hydrogen) atoms. The van der Waals surface area contributed by atoms with E-state index in [-0.39, 0.29) is 5.91 Å². The lowest BCUT2D eigenvalue weighted by Crippen LogP contribution is -2.13. The number of benzene rings is 1. The van der Waals surface area contributed by atoms with Gasteiger partial charge in [-0.3, -0.25) is 4.79 Å². The van der Waals surface area contributed by atoms with Crippen molar-refractivity contribution in [2.24, 2.45) is 0 Å². The average Bonchev–Trinajstić information content (AvgIpc) is 2.95. The second-order valence-electron chi connectivity index (χ2n) is 3.92. The Balaban J connectivity index is 2.27. The van der Waals surface area contributed by atoms with Gasteiger partial charge in [0.05, 0.1) is 25.6 Å². The Labute approximate surface area is 120 Å². The van der Waals surface area contributed by atoms with E-state index in [0.29, 0.717) is 34.2 Å². The molecular weight excluding hydrogens is 278 g/mol. The SMILES string of the molecule is CCc1nnsc1C(=O)Nc1cc(OC)ccc1OC. The molecule has 0 spiro atoms. The van der Waals surface area contributed by atoms with Crippen molar-refractivity contribution in [2.45, 2.75) is 13.3 Å². The van der Waals surface area contributed by atoms with Crippen LogP contribution in [0.25, 0.3) is 0 Å². The Morgan fingerprint density at radius 2 is 2.15 bits per heavy atom. The predicted molar refractivity (Wildman–Crippen MR) is 76.8 cm³/mol. The van der Waals surface area contributed by atoms with Gasteiger partial charge in [-0.05, 0) is 30.1 Å². The highest BCUT2D eigenvalue weighted by Gasteiger charge is 2.17. The summed E-state index contributed by atoms with van der Waals surface area (Å²) in [6.45, 7) is 1.93. The summed E-state index contributed by atoms with van der Waals surface area (Å²) in [7, 11) is 3.11. The number of carbonyl (C=O) groups excluding carboxylic acids is 1. The summed E-state index contributed by atoms with van der Waals surface area (Å²) in [5, 5.41) is 6.73. The van der Waals surface area contributed by atoms with E-state index >= 15 is 0 Å². The van der Waals surface area contributed by atoms with E-state index in [1.165, 1.54) is 0 Å². The number of ether oxygens (including phenoxy) is 2. The molecule has 2 rings (SSSR count). The van der Waals surface area contributed by atoms with E-state index in [9.17, 15) is 4.79 Å². The van der Waals surface area contributed by atoms with Crippen molar-refractivity contribution in [2.75, 3.05) is 19.5 Å². The lowest BCUT2D eigenvalue weighted by molar-refractivity contribution is 0.102. The molecule has 7 heteroatoms. The molecular formula is C13H15N3O3S. The van der Waals surface area contributed by atoms with Crippen molar-refractivity contribution in [3.63, 3.8) is 0 Å². The first-order valence-corrected chi connectivity index (χ1v) is 6.81. The van der Waals surface area contributed by atoms with E-state index in [1.54, 1.807) is 32.4 Å². The molecule has 0 aliphatic rings. The van der Waals surface area contributed by atoms with Crippen molar-refractivity contribution < 1.29 is 14.3 Å². The number of carbonyl (C=O) groups is 1. The smallest absolute Gasteiger partial charge is 0.269 e. The number of aromatic nitrogens is 2. The van der Waals surface area contributed by atoms with Crippen molar-refractivity contribution in [1.29, 1.82) is 0 Å². The van der Waals surface area contributed by atoms with Crippen LogP contribution >= 0.6 is 11.5 Å². The summed E-state index contributed by atoms with van der Waals surface area (Å²) < 4.78 is 14.2. The minimum absolute atomic E-state index is 0.247. The molecule has 0 bridgehead atoms. The topological polar surface area (TPSA) is 73.3 Å². The minimum Gasteiger partial charge on any atom is -0.497 e. The third kappa shape index (κ3) is 2.88. The van der Waals surface area contributed by atoms with Crippen LogP contribution in [0.5, 0.6) is 11.5 Å². The molecule has 1 N–H and O–H groups in total. The fraction of sp³-hybridized carbons (Fsp3) is 0.308. The number of methoxy groups -OCH3 is 2. The van der Waals surface area contributed by atoms with E-state index in [2.05, 4.69) is 14.9 Å². The van der Waals surface area contributed by atoms with Crippen molar-refractivity contribution >= 4 is 23.1 Å². The van der Waals surface area contributed by atoms with E-state index < -0.39 is 0 Å². The number of hydrogen-bond acceptors (Lipinski definition) is 6. The van der Waals surface area contributed by atoms with Gasteiger partial charge < -0.3 is 14.8 Å². The molecule has 0 radical (unpaired) electrons. The fourth-order valence-corrected chi connectivity index (χ4v) is 2.35. The Morgan fingerprint density at radius 3 is 2.80 bits per heavy atom. The van der Waals surface area contributed by atoms with E-state index in [0.717, 1.165) is 11.5 Å². The third-order valence-electron chi connectivity index (χ3n) is 2.75. The van der Waals surface area contributed by atoms with Crippen LogP contribution in [0.4, 0.5) is 5.69 Å². The van der Waals surface area contributed by atoms with Gasteiger partial charge in [0.1, 0.15) is 16.4 Å². The first-order valence-electron chi connectivity index (χ1n) is 6.04. The summed E-state index contributed by atoms with van der Waals surface area (Å²) >= 11 is 1.08. The highest BCUT2D eigenvalue weighted by atomic mass is 32.1. The lowest BCUT2D eigenvalue weighted by atomic mass is 10.2. The van der Waals surface area contributed by atoms with Crippen LogP contribution in [0.1, 0.15) is 22.3 Å². The molecule has 6 nitrogen and oxygen atoms in total. The molecule has 0 unspecified atom stereocenters. The van der Waals surface area contributed by atoms with Gasteiger partial charge in [-0.15, -0.1) is 5.10 Å². The number of amides is 1. The van der Waals surface area contributed by atoms with Crippen molar-refractivity contribution in [3.8, 4) is 11.5 Å². The molecule has 106 valence electrons. The molecule has 0 saturated carbocycles. The molecule has 2 aromatic rings. The van der Waals surface area contributed by atoms with Gasteiger partial charge in [0.25, 0.3) is 5.91 Å². The number of rotatable bonds is 5. The minimum atomic E-state index is -0.247. The van der Waals surface area contributed by atoms with Gasteiger partial charge >= 0.3 is 0 Å².